The Kier molecular flexibility index (Phi) is 4.30. The third-order valence-electron chi connectivity index (χ3n) is 5.36. The van der Waals surface area contributed by atoms with Crippen LogP contribution < -0.4 is 10.1 Å². The lowest BCUT2D eigenvalue weighted by Gasteiger charge is -2.30. The van der Waals surface area contributed by atoms with E-state index in [1.165, 1.54) is 31.2 Å². The van der Waals surface area contributed by atoms with Gasteiger partial charge < -0.3 is 10.1 Å². The van der Waals surface area contributed by atoms with Crippen LogP contribution in [0.2, 0.25) is 0 Å². The fourth-order valence-electron chi connectivity index (χ4n) is 4.16. The van der Waals surface area contributed by atoms with Gasteiger partial charge in [-0.2, -0.15) is 0 Å². The first-order valence-electron chi connectivity index (χ1n) is 8.24. The van der Waals surface area contributed by atoms with Gasteiger partial charge in [0.25, 0.3) is 0 Å². The van der Waals surface area contributed by atoms with E-state index in [0.29, 0.717) is 5.92 Å². The van der Waals surface area contributed by atoms with Gasteiger partial charge in [-0.15, -0.1) is 0 Å². The summed E-state index contributed by atoms with van der Waals surface area (Å²) in [6.45, 7) is 6.65. The molecule has 0 spiro atoms. The molecular weight excluding hydrogens is 246 g/mol. The first-order chi connectivity index (χ1) is 9.79. The highest BCUT2D eigenvalue weighted by atomic mass is 16.5. The second-order valence-corrected chi connectivity index (χ2v) is 6.47. The van der Waals surface area contributed by atoms with Gasteiger partial charge in [0.1, 0.15) is 5.75 Å². The van der Waals surface area contributed by atoms with Crippen molar-refractivity contribution >= 4 is 0 Å². The Hall–Kier alpha value is -1.02. The molecule has 1 fully saturated rings. The molecule has 3 rings (SSSR count). The summed E-state index contributed by atoms with van der Waals surface area (Å²) in [6, 6.07) is 9.36. The lowest BCUT2D eigenvalue weighted by molar-refractivity contribution is 0.239. The normalized spacial score (nSPS) is 32.7. The van der Waals surface area contributed by atoms with E-state index in [0.717, 1.165) is 36.8 Å². The second-order valence-electron chi connectivity index (χ2n) is 6.47. The van der Waals surface area contributed by atoms with Gasteiger partial charge in [0.2, 0.25) is 0 Å². The van der Waals surface area contributed by atoms with Crippen molar-refractivity contribution in [1.82, 2.24) is 5.32 Å². The fourth-order valence-corrected chi connectivity index (χ4v) is 4.16. The minimum absolute atomic E-state index is 0.702. The highest BCUT2D eigenvalue weighted by Crippen LogP contribution is 2.43. The van der Waals surface area contributed by atoms with E-state index >= 15 is 0 Å². The Morgan fingerprint density at radius 1 is 1.20 bits per heavy atom. The fraction of sp³-hybridized carbons (Fsp3) is 0.667. The summed E-state index contributed by atoms with van der Waals surface area (Å²) in [4.78, 5) is 0. The van der Waals surface area contributed by atoms with Gasteiger partial charge in [0.15, 0.2) is 0 Å². The molecule has 1 aliphatic heterocycles. The Labute approximate surface area is 122 Å². The lowest BCUT2D eigenvalue weighted by atomic mass is 9.81. The van der Waals surface area contributed by atoms with Crippen molar-refractivity contribution in [1.29, 1.82) is 0 Å². The molecule has 0 aromatic heterocycles. The number of hydrogen-bond donors (Lipinski definition) is 1. The van der Waals surface area contributed by atoms with Gasteiger partial charge in [-0.3, -0.25) is 0 Å². The van der Waals surface area contributed by atoms with Crippen LogP contribution in [-0.2, 0) is 0 Å². The standard InChI is InChI=1S/C18H27NO/c1-3-19-17-9-8-14(13(17)2)12-15-10-11-20-18-7-5-4-6-16(15)18/h4-7,13-15,17,19H,3,8-12H2,1-2H3. The average molecular weight is 273 g/mol. The van der Waals surface area contributed by atoms with E-state index in [4.69, 9.17) is 4.74 Å². The Bertz CT molecular complexity index is 445. The van der Waals surface area contributed by atoms with E-state index in [1.54, 1.807) is 0 Å². The molecule has 1 aromatic carbocycles. The molecule has 0 radical (unpaired) electrons. The summed E-state index contributed by atoms with van der Waals surface area (Å²) in [7, 11) is 0. The molecule has 2 aliphatic rings. The number of hydrogen-bond acceptors (Lipinski definition) is 2. The van der Waals surface area contributed by atoms with Gasteiger partial charge in [-0.05, 0) is 61.6 Å². The number of rotatable bonds is 4. The molecule has 2 heteroatoms. The third-order valence-corrected chi connectivity index (χ3v) is 5.36. The number of ether oxygens (including phenoxy) is 1. The van der Waals surface area contributed by atoms with Crippen molar-refractivity contribution in [2.75, 3.05) is 13.2 Å². The van der Waals surface area contributed by atoms with Crippen molar-refractivity contribution in [2.24, 2.45) is 11.8 Å². The summed E-state index contributed by atoms with van der Waals surface area (Å²) >= 11 is 0. The van der Waals surface area contributed by atoms with E-state index < -0.39 is 0 Å². The van der Waals surface area contributed by atoms with Crippen LogP contribution in [0.5, 0.6) is 5.75 Å². The maximum atomic E-state index is 5.79. The Morgan fingerprint density at radius 3 is 2.90 bits per heavy atom. The summed E-state index contributed by atoms with van der Waals surface area (Å²) in [5, 5.41) is 3.66. The van der Waals surface area contributed by atoms with E-state index in [-0.39, 0.29) is 0 Å². The van der Waals surface area contributed by atoms with Crippen LogP contribution in [0.1, 0.15) is 51.0 Å². The largest absolute Gasteiger partial charge is 0.493 e. The van der Waals surface area contributed by atoms with Crippen molar-refractivity contribution in [2.45, 2.75) is 51.5 Å². The van der Waals surface area contributed by atoms with E-state index in [2.05, 4.69) is 43.4 Å². The smallest absolute Gasteiger partial charge is 0.122 e. The van der Waals surface area contributed by atoms with Crippen LogP contribution in [0, 0.1) is 11.8 Å². The van der Waals surface area contributed by atoms with Gasteiger partial charge in [0, 0.05) is 6.04 Å². The number of benzene rings is 1. The van der Waals surface area contributed by atoms with Crippen molar-refractivity contribution in [3.8, 4) is 5.75 Å². The maximum Gasteiger partial charge on any atom is 0.122 e. The predicted octanol–water partition coefficient (Wildman–Crippen LogP) is 3.97. The van der Waals surface area contributed by atoms with Crippen LogP contribution in [0.3, 0.4) is 0 Å². The number of para-hydroxylation sites is 1. The average Bonchev–Trinajstić information content (AvgIpc) is 2.81. The Morgan fingerprint density at radius 2 is 2.05 bits per heavy atom. The van der Waals surface area contributed by atoms with Crippen LogP contribution in [-0.4, -0.2) is 19.2 Å². The quantitative estimate of drug-likeness (QED) is 0.896. The topological polar surface area (TPSA) is 21.3 Å². The first kappa shape index (κ1) is 13.9. The summed E-state index contributed by atoms with van der Waals surface area (Å²) < 4.78 is 5.79. The minimum atomic E-state index is 0.702. The lowest BCUT2D eigenvalue weighted by Crippen LogP contribution is -2.32. The zero-order valence-electron chi connectivity index (χ0n) is 12.8. The molecule has 1 heterocycles. The highest BCUT2D eigenvalue weighted by Gasteiger charge is 2.34. The van der Waals surface area contributed by atoms with Crippen LogP contribution in [0.4, 0.5) is 0 Å². The van der Waals surface area contributed by atoms with Crippen molar-refractivity contribution < 1.29 is 4.74 Å². The zero-order valence-corrected chi connectivity index (χ0v) is 12.8. The molecule has 0 saturated heterocycles. The van der Waals surface area contributed by atoms with E-state index in [1.807, 2.05) is 0 Å². The molecule has 110 valence electrons. The molecule has 0 amide bonds. The molecule has 0 bridgehead atoms. The van der Waals surface area contributed by atoms with Gasteiger partial charge in [-0.25, -0.2) is 0 Å². The molecule has 4 atom stereocenters. The minimum Gasteiger partial charge on any atom is -0.493 e. The van der Waals surface area contributed by atoms with Gasteiger partial charge >= 0.3 is 0 Å². The van der Waals surface area contributed by atoms with Crippen molar-refractivity contribution in [3.63, 3.8) is 0 Å². The monoisotopic (exact) mass is 273 g/mol. The number of nitrogens with one attached hydrogen (secondary N) is 1. The highest BCUT2D eigenvalue weighted by molar-refractivity contribution is 5.37. The molecular formula is C18H27NO. The molecule has 1 aliphatic carbocycles. The summed E-state index contributed by atoms with van der Waals surface area (Å²) in [6.07, 6.45) is 5.26. The van der Waals surface area contributed by atoms with Crippen LogP contribution in [0.25, 0.3) is 0 Å². The Balaban J connectivity index is 1.67. The third kappa shape index (κ3) is 2.71. The molecule has 4 unspecified atom stereocenters. The molecule has 20 heavy (non-hydrogen) atoms. The van der Waals surface area contributed by atoms with Crippen molar-refractivity contribution in [3.05, 3.63) is 29.8 Å². The van der Waals surface area contributed by atoms with E-state index in [9.17, 15) is 0 Å². The number of fused-ring (bicyclic) bond motifs is 1. The molecule has 1 aromatic rings. The summed E-state index contributed by atoms with van der Waals surface area (Å²) in [5.74, 6) is 3.51. The summed E-state index contributed by atoms with van der Waals surface area (Å²) in [5.41, 5.74) is 1.44. The SMILES string of the molecule is CCNC1CCC(CC2CCOc3ccccc32)C1C. The predicted molar refractivity (Wildman–Crippen MR) is 83.3 cm³/mol. The van der Waals surface area contributed by atoms with Crippen LogP contribution in [0.15, 0.2) is 24.3 Å². The molecule has 2 nitrogen and oxygen atoms in total. The second kappa shape index (κ2) is 6.17. The maximum absolute atomic E-state index is 5.79. The molecule has 1 N–H and O–H groups in total. The van der Waals surface area contributed by atoms with Gasteiger partial charge in [0.05, 0.1) is 6.61 Å². The van der Waals surface area contributed by atoms with Gasteiger partial charge in [-0.1, -0.05) is 32.0 Å². The molecule has 1 saturated carbocycles. The zero-order chi connectivity index (χ0) is 13.9. The first-order valence-corrected chi connectivity index (χ1v) is 8.24. The van der Waals surface area contributed by atoms with Crippen LogP contribution >= 0.6 is 0 Å².